The van der Waals surface area contributed by atoms with Crippen LogP contribution in [0, 0.1) is 5.92 Å². The number of alkyl halides is 6. The highest BCUT2D eigenvalue weighted by Gasteiger charge is 2.57. The Morgan fingerprint density at radius 2 is 1.47 bits per heavy atom. The van der Waals surface area contributed by atoms with Gasteiger partial charge in [-0.15, -0.1) is 0 Å². The van der Waals surface area contributed by atoms with Crippen LogP contribution in [0.1, 0.15) is 6.92 Å². The summed E-state index contributed by atoms with van der Waals surface area (Å²) in [7, 11) is 0. The molecule has 1 unspecified atom stereocenters. The zero-order chi connectivity index (χ0) is 12.3. The van der Waals surface area contributed by atoms with Gasteiger partial charge in [-0.2, -0.15) is 39.0 Å². The number of halogens is 6. The molecule has 0 spiro atoms. The highest BCUT2D eigenvalue weighted by atomic mass is 32.1. The standard InChI is InChI=1S/C7H10F6OS/c1-4(3-15)2-14-5(6(8,9)10)7(11,12)13/h4-5,15H,2-3H2,1H3. The second kappa shape index (κ2) is 5.29. The SMILES string of the molecule is CC(CS)COC(C(F)(F)F)C(F)(F)F. The first-order valence-corrected chi connectivity index (χ1v) is 4.58. The first-order chi connectivity index (χ1) is 6.59. The van der Waals surface area contributed by atoms with Gasteiger partial charge in [0.1, 0.15) is 0 Å². The highest BCUT2D eigenvalue weighted by Crippen LogP contribution is 2.35. The monoisotopic (exact) mass is 256 g/mol. The second-order valence-electron chi connectivity index (χ2n) is 3.08. The topological polar surface area (TPSA) is 9.23 Å². The van der Waals surface area contributed by atoms with Crippen LogP contribution in [0.4, 0.5) is 26.3 Å². The fourth-order valence-electron chi connectivity index (χ4n) is 0.688. The van der Waals surface area contributed by atoms with Gasteiger partial charge in [-0.25, -0.2) is 0 Å². The summed E-state index contributed by atoms with van der Waals surface area (Å²) in [5.41, 5.74) is 0. The van der Waals surface area contributed by atoms with Crippen molar-refractivity contribution in [3.05, 3.63) is 0 Å². The maximum absolute atomic E-state index is 11.9. The molecule has 0 radical (unpaired) electrons. The summed E-state index contributed by atoms with van der Waals surface area (Å²) in [5, 5.41) is 0. The Morgan fingerprint density at radius 3 is 1.73 bits per heavy atom. The molecule has 0 aliphatic carbocycles. The summed E-state index contributed by atoms with van der Waals surface area (Å²) < 4.78 is 75.3. The van der Waals surface area contributed by atoms with Crippen molar-refractivity contribution in [2.75, 3.05) is 12.4 Å². The lowest BCUT2D eigenvalue weighted by molar-refractivity contribution is -0.323. The average Bonchev–Trinajstić information content (AvgIpc) is 1.99. The van der Waals surface area contributed by atoms with Gasteiger partial charge in [0.2, 0.25) is 6.10 Å². The van der Waals surface area contributed by atoms with E-state index in [1.54, 1.807) is 0 Å². The van der Waals surface area contributed by atoms with Gasteiger partial charge < -0.3 is 4.74 Å². The molecular formula is C7H10F6OS. The smallest absolute Gasteiger partial charge is 0.361 e. The third kappa shape index (κ3) is 5.50. The predicted molar refractivity (Wildman–Crippen MR) is 44.9 cm³/mol. The van der Waals surface area contributed by atoms with Crippen molar-refractivity contribution < 1.29 is 31.1 Å². The van der Waals surface area contributed by atoms with Crippen LogP contribution < -0.4 is 0 Å². The zero-order valence-electron chi connectivity index (χ0n) is 7.69. The van der Waals surface area contributed by atoms with Crippen molar-refractivity contribution in [3.8, 4) is 0 Å². The van der Waals surface area contributed by atoms with Crippen LogP contribution in [-0.2, 0) is 4.74 Å². The highest BCUT2D eigenvalue weighted by molar-refractivity contribution is 7.80. The molecule has 1 atom stereocenters. The molecule has 0 N–H and O–H groups in total. The van der Waals surface area contributed by atoms with E-state index in [9.17, 15) is 26.3 Å². The summed E-state index contributed by atoms with van der Waals surface area (Å²) >= 11 is 3.72. The molecule has 0 aromatic carbocycles. The molecule has 0 saturated heterocycles. The van der Waals surface area contributed by atoms with E-state index in [0.717, 1.165) is 0 Å². The van der Waals surface area contributed by atoms with Crippen LogP contribution in [0.25, 0.3) is 0 Å². The number of thiol groups is 1. The lowest BCUT2D eigenvalue weighted by Gasteiger charge is -2.24. The van der Waals surface area contributed by atoms with E-state index in [4.69, 9.17) is 0 Å². The van der Waals surface area contributed by atoms with E-state index in [-0.39, 0.29) is 5.75 Å². The van der Waals surface area contributed by atoms with E-state index in [1.165, 1.54) is 6.92 Å². The molecule has 0 aromatic rings. The van der Waals surface area contributed by atoms with Crippen LogP contribution in [0.15, 0.2) is 0 Å². The van der Waals surface area contributed by atoms with Crippen LogP contribution >= 0.6 is 12.6 Å². The van der Waals surface area contributed by atoms with Gasteiger partial charge in [-0.1, -0.05) is 6.92 Å². The number of rotatable bonds is 4. The maximum Gasteiger partial charge on any atom is 0.423 e. The van der Waals surface area contributed by atoms with Crippen LogP contribution in [0.3, 0.4) is 0 Å². The molecule has 92 valence electrons. The summed E-state index contributed by atoms with van der Waals surface area (Å²) in [4.78, 5) is 0. The molecule has 0 heterocycles. The van der Waals surface area contributed by atoms with Crippen molar-refractivity contribution in [1.29, 1.82) is 0 Å². The Bertz CT molecular complexity index is 175. The molecule has 1 nitrogen and oxygen atoms in total. The summed E-state index contributed by atoms with van der Waals surface area (Å²) in [6.07, 6.45) is -14.6. The van der Waals surface area contributed by atoms with Crippen molar-refractivity contribution in [1.82, 2.24) is 0 Å². The molecule has 0 aliphatic heterocycles. The van der Waals surface area contributed by atoms with Crippen LogP contribution in [0.5, 0.6) is 0 Å². The fraction of sp³-hybridized carbons (Fsp3) is 1.00. The van der Waals surface area contributed by atoms with Gasteiger partial charge >= 0.3 is 12.4 Å². The lowest BCUT2D eigenvalue weighted by Crippen LogP contribution is -2.45. The minimum atomic E-state index is -5.44. The third-order valence-corrected chi connectivity index (χ3v) is 2.08. The molecule has 0 aromatic heterocycles. The van der Waals surface area contributed by atoms with Crippen molar-refractivity contribution in [2.45, 2.75) is 25.4 Å². The minimum absolute atomic E-state index is 0.155. The molecule has 0 saturated carbocycles. The quantitative estimate of drug-likeness (QED) is 0.600. The van der Waals surface area contributed by atoms with Gasteiger partial charge in [-0.3, -0.25) is 0 Å². The van der Waals surface area contributed by atoms with Crippen LogP contribution in [0.2, 0.25) is 0 Å². The summed E-state index contributed by atoms with van der Waals surface area (Å²) in [5.74, 6) is -0.317. The fourth-order valence-corrected chi connectivity index (χ4v) is 0.793. The van der Waals surface area contributed by atoms with E-state index in [2.05, 4.69) is 17.4 Å². The summed E-state index contributed by atoms with van der Waals surface area (Å²) in [6.45, 7) is 0.810. The third-order valence-electron chi connectivity index (χ3n) is 1.45. The van der Waals surface area contributed by atoms with Gasteiger partial charge in [-0.05, 0) is 11.7 Å². The largest absolute Gasteiger partial charge is 0.423 e. The Morgan fingerprint density at radius 1 is 1.07 bits per heavy atom. The van der Waals surface area contributed by atoms with Gasteiger partial charge in [0.15, 0.2) is 0 Å². The summed E-state index contributed by atoms with van der Waals surface area (Å²) in [6, 6.07) is 0. The molecule has 0 aliphatic rings. The number of hydrogen-bond donors (Lipinski definition) is 1. The Balaban J connectivity index is 4.42. The van der Waals surface area contributed by atoms with E-state index < -0.39 is 31.0 Å². The number of ether oxygens (including phenoxy) is 1. The lowest BCUT2D eigenvalue weighted by atomic mass is 10.2. The second-order valence-corrected chi connectivity index (χ2v) is 3.45. The molecule has 0 fully saturated rings. The molecule has 8 heteroatoms. The average molecular weight is 256 g/mol. The predicted octanol–water partition coefficient (Wildman–Crippen LogP) is 3.06. The van der Waals surface area contributed by atoms with E-state index in [1.807, 2.05) is 0 Å². The van der Waals surface area contributed by atoms with Crippen molar-refractivity contribution >= 4 is 12.6 Å². The van der Waals surface area contributed by atoms with Gasteiger partial charge in [0, 0.05) is 0 Å². The Hall–Kier alpha value is -0.110. The molecule has 15 heavy (non-hydrogen) atoms. The van der Waals surface area contributed by atoms with E-state index in [0.29, 0.717) is 0 Å². The molecular weight excluding hydrogens is 246 g/mol. The van der Waals surface area contributed by atoms with Crippen LogP contribution in [-0.4, -0.2) is 30.8 Å². The Kier molecular flexibility index (Phi) is 5.25. The molecule has 0 amide bonds. The first kappa shape index (κ1) is 14.9. The van der Waals surface area contributed by atoms with Crippen molar-refractivity contribution in [2.24, 2.45) is 5.92 Å². The van der Waals surface area contributed by atoms with Crippen molar-refractivity contribution in [3.63, 3.8) is 0 Å². The molecule has 0 rings (SSSR count). The molecule has 0 bridgehead atoms. The van der Waals surface area contributed by atoms with E-state index >= 15 is 0 Å². The zero-order valence-corrected chi connectivity index (χ0v) is 8.59. The minimum Gasteiger partial charge on any atom is -0.361 e. The number of hydrogen-bond acceptors (Lipinski definition) is 2. The maximum atomic E-state index is 11.9. The first-order valence-electron chi connectivity index (χ1n) is 3.95. The Labute approximate surface area is 88.2 Å². The van der Waals surface area contributed by atoms with Gasteiger partial charge in [0.05, 0.1) is 6.61 Å². The normalized spacial score (nSPS) is 15.8. The van der Waals surface area contributed by atoms with Gasteiger partial charge in [0.25, 0.3) is 0 Å².